The summed E-state index contributed by atoms with van der Waals surface area (Å²) in [6.07, 6.45) is 1.24. The van der Waals surface area contributed by atoms with Gasteiger partial charge < -0.3 is 14.6 Å². The molecule has 0 atom stereocenters. The molecule has 7 nitrogen and oxygen atoms in total. The molecule has 0 bridgehead atoms. The summed E-state index contributed by atoms with van der Waals surface area (Å²) in [5.74, 6) is 0.448. The van der Waals surface area contributed by atoms with Gasteiger partial charge in [-0.15, -0.1) is 0 Å². The number of benzene rings is 2. The Labute approximate surface area is 135 Å². The van der Waals surface area contributed by atoms with Crippen molar-refractivity contribution < 1.29 is 19.5 Å². The van der Waals surface area contributed by atoms with E-state index in [1.165, 1.54) is 12.3 Å². The second-order valence-corrected chi connectivity index (χ2v) is 5.12. The Bertz CT molecular complexity index is 807. The van der Waals surface area contributed by atoms with Crippen LogP contribution in [0, 0.1) is 10.1 Å². The van der Waals surface area contributed by atoms with Crippen LogP contribution in [0.25, 0.3) is 0 Å². The number of ether oxygens (including phenoxy) is 2. The van der Waals surface area contributed by atoms with Gasteiger partial charge in [-0.1, -0.05) is 11.6 Å². The smallest absolute Gasteiger partial charge is 0.263 e. The number of nitro benzene ring substituents is 1. The van der Waals surface area contributed by atoms with Crippen molar-refractivity contribution in [3.05, 3.63) is 51.0 Å². The standard InChI is InChI=1S/C15H11ClN2O5/c16-10-5-9(15(19)12(6-10)18(20)21)8-17-11-1-2-13-14(7-11)23-4-3-22-13/h1-2,5-8,19H,3-4H2/p-1. The van der Waals surface area contributed by atoms with Gasteiger partial charge in [-0.3, -0.25) is 15.1 Å². The number of hydrogen-bond donors (Lipinski definition) is 0. The van der Waals surface area contributed by atoms with Crippen LogP contribution in [0.5, 0.6) is 17.2 Å². The Balaban J connectivity index is 1.92. The lowest BCUT2D eigenvalue weighted by atomic mass is 10.2. The van der Waals surface area contributed by atoms with E-state index < -0.39 is 16.4 Å². The molecule has 0 amide bonds. The molecule has 2 aromatic carbocycles. The fourth-order valence-electron chi connectivity index (χ4n) is 2.09. The average molecular weight is 334 g/mol. The van der Waals surface area contributed by atoms with E-state index in [1.54, 1.807) is 18.2 Å². The molecule has 0 saturated carbocycles. The minimum atomic E-state index is -0.768. The fraction of sp³-hybridized carbons (Fsp3) is 0.133. The van der Waals surface area contributed by atoms with Crippen LogP contribution in [0.3, 0.4) is 0 Å². The molecule has 0 fully saturated rings. The molecule has 8 heteroatoms. The van der Waals surface area contributed by atoms with Gasteiger partial charge in [0.05, 0.1) is 10.6 Å². The average Bonchev–Trinajstić information content (AvgIpc) is 2.55. The monoisotopic (exact) mass is 333 g/mol. The number of aliphatic imine (C=N–C) groups is 1. The maximum Gasteiger partial charge on any atom is 0.263 e. The van der Waals surface area contributed by atoms with Crippen molar-refractivity contribution in [3.63, 3.8) is 0 Å². The Kier molecular flexibility index (Phi) is 4.03. The van der Waals surface area contributed by atoms with Gasteiger partial charge >= 0.3 is 0 Å². The highest BCUT2D eigenvalue weighted by molar-refractivity contribution is 6.31. The summed E-state index contributed by atoms with van der Waals surface area (Å²) in [7, 11) is 0. The molecule has 2 aromatic rings. The molecule has 0 spiro atoms. The van der Waals surface area contributed by atoms with Gasteiger partial charge in [-0.25, -0.2) is 0 Å². The van der Waals surface area contributed by atoms with E-state index in [2.05, 4.69) is 4.99 Å². The summed E-state index contributed by atoms with van der Waals surface area (Å²) >= 11 is 5.80. The predicted octanol–water partition coefficient (Wildman–Crippen LogP) is 2.84. The van der Waals surface area contributed by atoms with Crippen LogP contribution in [-0.4, -0.2) is 24.4 Å². The number of fused-ring (bicyclic) bond motifs is 1. The van der Waals surface area contributed by atoms with Gasteiger partial charge in [-0.05, 0) is 29.5 Å². The second kappa shape index (κ2) is 6.13. The van der Waals surface area contributed by atoms with Gasteiger partial charge in [0, 0.05) is 23.4 Å². The molecule has 1 aliphatic heterocycles. The zero-order valence-corrected chi connectivity index (χ0v) is 12.4. The summed E-state index contributed by atoms with van der Waals surface area (Å²) in [6.45, 7) is 0.937. The van der Waals surface area contributed by atoms with E-state index in [1.807, 2.05) is 0 Å². The Morgan fingerprint density at radius 2 is 1.91 bits per heavy atom. The molecule has 118 valence electrons. The van der Waals surface area contributed by atoms with Gasteiger partial charge in [0.15, 0.2) is 11.5 Å². The minimum absolute atomic E-state index is 0.0408. The highest BCUT2D eigenvalue weighted by atomic mass is 35.5. The van der Waals surface area contributed by atoms with Crippen LogP contribution in [0.15, 0.2) is 35.3 Å². The maximum absolute atomic E-state index is 12.0. The molecule has 0 saturated heterocycles. The van der Waals surface area contributed by atoms with Crippen LogP contribution in [0.2, 0.25) is 5.02 Å². The van der Waals surface area contributed by atoms with Crippen molar-refractivity contribution >= 4 is 29.2 Å². The Morgan fingerprint density at radius 1 is 1.17 bits per heavy atom. The molecule has 0 radical (unpaired) electrons. The van der Waals surface area contributed by atoms with Crippen LogP contribution < -0.4 is 14.6 Å². The van der Waals surface area contributed by atoms with E-state index in [0.29, 0.717) is 30.4 Å². The van der Waals surface area contributed by atoms with Gasteiger partial charge in [0.25, 0.3) is 5.69 Å². The summed E-state index contributed by atoms with van der Waals surface area (Å²) in [4.78, 5) is 14.2. The lowest BCUT2D eigenvalue weighted by molar-refractivity contribution is -0.398. The van der Waals surface area contributed by atoms with Crippen molar-refractivity contribution in [1.82, 2.24) is 0 Å². The van der Waals surface area contributed by atoms with Gasteiger partial charge in [-0.2, -0.15) is 0 Å². The first-order valence-electron chi connectivity index (χ1n) is 6.63. The van der Waals surface area contributed by atoms with Crippen molar-refractivity contribution in [1.29, 1.82) is 0 Å². The molecule has 0 unspecified atom stereocenters. The van der Waals surface area contributed by atoms with Crippen molar-refractivity contribution in [2.24, 2.45) is 4.99 Å². The molecule has 0 N–H and O–H groups in total. The van der Waals surface area contributed by atoms with Crippen LogP contribution >= 0.6 is 11.6 Å². The normalized spacial score (nSPS) is 13.3. The second-order valence-electron chi connectivity index (χ2n) is 4.69. The lowest BCUT2D eigenvalue weighted by Gasteiger charge is -2.18. The van der Waals surface area contributed by atoms with Crippen molar-refractivity contribution in [2.75, 3.05) is 13.2 Å². The first-order chi connectivity index (χ1) is 11.0. The number of nitrogens with zero attached hydrogens (tertiary/aromatic N) is 2. The first-order valence-corrected chi connectivity index (χ1v) is 7.01. The molecule has 1 heterocycles. The van der Waals surface area contributed by atoms with Crippen LogP contribution in [0.4, 0.5) is 11.4 Å². The predicted molar refractivity (Wildman–Crippen MR) is 82.2 cm³/mol. The summed E-state index contributed by atoms with van der Waals surface area (Å²) in [5.41, 5.74) is -0.0171. The molecule has 3 rings (SSSR count). The molecular weight excluding hydrogens is 324 g/mol. The third-order valence-electron chi connectivity index (χ3n) is 3.14. The number of hydrogen-bond acceptors (Lipinski definition) is 6. The number of halogens is 1. The third-order valence-corrected chi connectivity index (χ3v) is 3.36. The van der Waals surface area contributed by atoms with Gasteiger partial charge in [0.2, 0.25) is 0 Å². The summed E-state index contributed by atoms with van der Waals surface area (Å²) < 4.78 is 10.8. The van der Waals surface area contributed by atoms with E-state index in [4.69, 9.17) is 21.1 Å². The largest absolute Gasteiger partial charge is 0.867 e. The Hall–Kier alpha value is -2.80. The first kappa shape index (κ1) is 15.1. The molecule has 0 aliphatic carbocycles. The highest BCUT2D eigenvalue weighted by Gasteiger charge is 2.13. The summed E-state index contributed by atoms with van der Waals surface area (Å²) in [6, 6.07) is 7.41. The molecule has 23 heavy (non-hydrogen) atoms. The van der Waals surface area contributed by atoms with Gasteiger partial charge in [0.1, 0.15) is 13.2 Å². The minimum Gasteiger partial charge on any atom is -0.867 e. The zero-order valence-electron chi connectivity index (χ0n) is 11.7. The lowest BCUT2D eigenvalue weighted by Crippen LogP contribution is -2.14. The van der Waals surface area contributed by atoms with Crippen LogP contribution in [-0.2, 0) is 0 Å². The zero-order chi connectivity index (χ0) is 16.4. The molecule has 0 aromatic heterocycles. The Morgan fingerprint density at radius 3 is 2.65 bits per heavy atom. The third kappa shape index (κ3) is 3.19. The van der Waals surface area contributed by atoms with E-state index in [-0.39, 0.29) is 10.6 Å². The molecule has 1 aliphatic rings. The summed E-state index contributed by atoms with van der Waals surface area (Å²) in [5, 5.41) is 22.9. The quantitative estimate of drug-likeness (QED) is 0.488. The number of nitro groups is 1. The molecular formula is C15H10ClN2O5-. The maximum atomic E-state index is 12.0. The SMILES string of the molecule is O=[N+]([O-])c1cc(Cl)cc(C=Nc2ccc3c(c2)OCCO3)c1[O-]. The van der Waals surface area contributed by atoms with E-state index >= 15 is 0 Å². The van der Waals surface area contributed by atoms with Crippen molar-refractivity contribution in [2.45, 2.75) is 0 Å². The fourth-order valence-corrected chi connectivity index (χ4v) is 2.31. The van der Waals surface area contributed by atoms with E-state index in [0.717, 1.165) is 6.07 Å². The van der Waals surface area contributed by atoms with Crippen LogP contribution in [0.1, 0.15) is 5.56 Å². The number of rotatable bonds is 3. The van der Waals surface area contributed by atoms with E-state index in [9.17, 15) is 15.2 Å². The van der Waals surface area contributed by atoms with Crippen molar-refractivity contribution in [3.8, 4) is 17.2 Å². The topological polar surface area (TPSA) is 97.0 Å². The highest BCUT2D eigenvalue weighted by Crippen LogP contribution is 2.34.